The molecule has 1 aliphatic rings. The van der Waals surface area contributed by atoms with Gasteiger partial charge >= 0.3 is 0 Å². The minimum atomic E-state index is -0.0544. The molecule has 1 aromatic heterocycles. The molecule has 1 heterocycles. The standard InChI is InChI=1S/C16H19N3OS/c1-19(16(20)11-6-2-3-7-12(11)17)10-15-18-13-8-4-5-9-14(13)21-15/h2-3,6-7H,4-5,8-10,17H2,1H3. The Hall–Kier alpha value is -1.88. The lowest BCUT2D eigenvalue weighted by Gasteiger charge is -2.16. The Labute approximate surface area is 128 Å². The van der Waals surface area contributed by atoms with Crippen LogP contribution in [0, 0.1) is 0 Å². The lowest BCUT2D eigenvalue weighted by atomic mass is 10.0. The summed E-state index contributed by atoms with van der Waals surface area (Å²) in [4.78, 5) is 20.2. The second-order valence-electron chi connectivity index (χ2n) is 5.43. The molecular weight excluding hydrogens is 282 g/mol. The third-order valence-electron chi connectivity index (χ3n) is 3.80. The van der Waals surface area contributed by atoms with Crippen LogP contribution in [-0.2, 0) is 19.4 Å². The number of benzene rings is 1. The van der Waals surface area contributed by atoms with E-state index in [1.807, 2.05) is 12.1 Å². The Morgan fingerprint density at radius 1 is 1.33 bits per heavy atom. The third kappa shape index (κ3) is 2.93. The molecule has 0 bridgehead atoms. The van der Waals surface area contributed by atoms with Gasteiger partial charge in [-0.2, -0.15) is 0 Å². The average Bonchev–Trinajstić information content (AvgIpc) is 2.89. The number of aryl methyl sites for hydroxylation is 2. The van der Waals surface area contributed by atoms with Crippen LogP contribution in [0.2, 0.25) is 0 Å². The van der Waals surface area contributed by atoms with Crippen LogP contribution < -0.4 is 5.73 Å². The monoisotopic (exact) mass is 301 g/mol. The molecule has 1 aromatic carbocycles. The summed E-state index contributed by atoms with van der Waals surface area (Å²) < 4.78 is 0. The lowest BCUT2D eigenvalue weighted by Crippen LogP contribution is -2.26. The zero-order chi connectivity index (χ0) is 14.8. The molecule has 0 saturated heterocycles. The number of fused-ring (bicyclic) bond motifs is 1. The topological polar surface area (TPSA) is 59.2 Å². The van der Waals surface area contributed by atoms with E-state index in [0.29, 0.717) is 17.8 Å². The van der Waals surface area contributed by atoms with E-state index in [1.54, 1.807) is 35.4 Å². The molecule has 0 spiro atoms. The zero-order valence-electron chi connectivity index (χ0n) is 12.1. The summed E-state index contributed by atoms with van der Waals surface area (Å²) in [5.74, 6) is -0.0544. The zero-order valence-corrected chi connectivity index (χ0v) is 12.9. The molecule has 0 unspecified atom stereocenters. The molecule has 2 aromatic rings. The van der Waals surface area contributed by atoms with Crippen molar-refractivity contribution in [2.24, 2.45) is 0 Å². The third-order valence-corrected chi connectivity index (χ3v) is 4.94. The highest BCUT2D eigenvalue weighted by Crippen LogP contribution is 2.27. The van der Waals surface area contributed by atoms with Gasteiger partial charge in [0.05, 0.1) is 17.8 Å². The summed E-state index contributed by atoms with van der Waals surface area (Å²) in [6.07, 6.45) is 4.70. The highest BCUT2D eigenvalue weighted by molar-refractivity contribution is 7.11. The van der Waals surface area contributed by atoms with E-state index >= 15 is 0 Å². The van der Waals surface area contributed by atoms with Crippen molar-refractivity contribution in [2.75, 3.05) is 12.8 Å². The second-order valence-corrected chi connectivity index (χ2v) is 6.60. The van der Waals surface area contributed by atoms with Crippen LogP contribution in [0.1, 0.15) is 38.8 Å². The minimum absolute atomic E-state index is 0.0544. The Kier molecular flexibility index (Phi) is 3.92. The van der Waals surface area contributed by atoms with E-state index in [0.717, 1.165) is 17.8 Å². The van der Waals surface area contributed by atoms with Crippen molar-refractivity contribution in [3.8, 4) is 0 Å². The van der Waals surface area contributed by atoms with Crippen LogP contribution in [0.4, 0.5) is 5.69 Å². The molecule has 5 heteroatoms. The van der Waals surface area contributed by atoms with Gasteiger partial charge in [-0.05, 0) is 37.8 Å². The van der Waals surface area contributed by atoms with Gasteiger partial charge in [0.1, 0.15) is 5.01 Å². The van der Waals surface area contributed by atoms with Gasteiger partial charge in [-0.25, -0.2) is 4.98 Å². The quantitative estimate of drug-likeness (QED) is 0.887. The van der Waals surface area contributed by atoms with Crippen LogP contribution >= 0.6 is 11.3 Å². The van der Waals surface area contributed by atoms with E-state index in [1.165, 1.54) is 23.4 Å². The first-order chi connectivity index (χ1) is 10.1. The first-order valence-corrected chi connectivity index (χ1v) is 8.04. The van der Waals surface area contributed by atoms with E-state index in [-0.39, 0.29) is 5.91 Å². The Balaban J connectivity index is 1.74. The van der Waals surface area contributed by atoms with Crippen molar-refractivity contribution in [3.05, 3.63) is 45.4 Å². The predicted octanol–water partition coefficient (Wildman–Crippen LogP) is 2.88. The van der Waals surface area contributed by atoms with Crippen LogP contribution in [0.15, 0.2) is 24.3 Å². The highest BCUT2D eigenvalue weighted by atomic mass is 32.1. The molecule has 0 aliphatic heterocycles. The SMILES string of the molecule is CN(Cc1nc2c(s1)CCCC2)C(=O)c1ccccc1N. The van der Waals surface area contributed by atoms with Gasteiger partial charge < -0.3 is 10.6 Å². The molecule has 3 rings (SSSR count). The Morgan fingerprint density at radius 2 is 2.10 bits per heavy atom. The summed E-state index contributed by atoms with van der Waals surface area (Å²) in [5.41, 5.74) is 8.19. The number of anilines is 1. The van der Waals surface area contributed by atoms with Gasteiger partial charge in [0, 0.05) is 17.6 Å². The molecule has 21 heavy (non-hydrogen) atoms. The molecule has 0 radical (unpaired) electrons. The van der Waals surface area contributed by atoms with Gasteiger partial charge in [-0.15, -0.1) is 11.3 Å². The Bertz CT molecular complexity index is 642. The number of nitrogens with zero attached hydrogens (tertiary/aromatic N) is 2. The summed E-state index contributed by atoms with van der Waals surface area (Å²) in [5, 5.41) is 1.02. The Morgan fingerprint density at radius 3 is 2.86 bits per heavy atom. The number of hydrogen-bond donors (Lipinski definition) is 1. The molecule has 4 nitrogen and oxygen atoms in total. The fourth-order valence-corrected chi connectivity index (χ4v) is 3.86. The fraction of sp³-hybridized carbons (Fsp3) is 0.375. The van der Waals surface area contributed by atoms with Gasteiger partial charge in [0.15, 0.2) is 0 Å². The summed E-state index contributed by atoms with van der Waals surface area (Å²) >= 11 is 1.74. The molecule has 1 amide bonds. The number of rotatable bonds is 3. The molecule has 0 saturated carbocycles. The van der Waals surface area contributed by atoms with Crippen molar-refractivity contribution in [3.63, 3.8) is 0 Å². The molecule has 110 valence electrons. The number of nitrogen functional groups attached to an aromatic ring is 1. The molecular formula is C16H19N3OS. The second kappa shape index (κ2) is 5.85. The van der Waals surface area contributed by atoms with Gasteiger partial charge in [-0.1, -0.05) is 12.1 Å². The van der Waals surface area contributed by atoms with E-state index in [4.69, 9.17) is 5.73 Å². The maximum atomic E-state index is 12.4. The number of hydrogen-bond acceptors (Lipinski definition) is 4. The molecule has 0 fully saturated rings. The van der Waals surface area contributed by atoms with Crippen LogP contribution in [0.5, 0.6) is 0 Å². The van der Waals surface area contributed by atoms with Crippen molar-refractivity contribution < 1.29 is 4.79 Å². The molecule has 2 N–H and O–H groups in total. The van der Waals surface area contributed by atoms with Crippen LogP contribution in [0.25, 0.3) is 0 Å². The number of thiazole rings is 1. The van der Waals surface area contributed by atoms with Gasteiger partial charge in [0.2, 0.25) is 0 Å². The molecule has 0 atom stereocenters. The largest absolute Gasteiger partial charge is 0.398 e. The number of carbonyl (C=O) groups is 1. The van der Waals surface area contributed by atoms with E-state index in [9.17, 15) is 4.79 Å². The maximum Gasteiger partial charge on any atom is 0.256 e. The van der Waals surface area contributed by atoms with Crippen molar-refractivity contribution in [1.82, 2.24) is 9.88 Å². The summed E-state index contributed by atoms with van der Waals surface area (Å²) in [7, 11) is 1.80. The first-order valence-electron chi connectivity index (χ1n) is 7.22. The van der Waals surface area contributed by atoms with Crippen LogP contribution in [-0.4, -0.2) is 22.8 Å². The minimum Gasteiger partial charge on any atom is -0.398 e. The van der Waals surface area contributed by atoms with Gasteiger partial charge in [-0.3, -0.25) is 4.79 Å². The summed E-state index contributed by atoms with van der Waals surface area (Å²) in [6.45, 7) is 0.546. The van der Waals surface area contributed by atoms with Gasteiger partial charge in [0.25, 0.3) is 5.91 Å². The lowest BCUT2D eigenvalue weighted by molar-refractivity contribution is 0.0786. The van der Waals surface area contributed by atoms with E-state index < -0.39 is 0 Å². The predicted molar refractivity (Wildman–Crippen MR) is 85.4 cm³/mol. The highest BCUT2D eigenvalue weighted by Gasteiger charge is 2.19. The van der Waals surface area contributed by atoms with Crippen molar-refractivity contribution in [1.29, 1.82) is 0 Å². The van der Waals surface area contributed by atoms with Crippen molar-refractivity contribution in [2.45, 2.75) is 32.2 Å². The number of amides is 1. The fourth-order valence-electron chi connectivity index (χ4n) is 2.65. The maximum absolute atomic E-state index is 12.4. The molecule has 1 aliphatic carbocycles. The normalized spacial score (nSPS) is 13.8. The average molecular weight is 301 g/mol. The smallest absolute Gasteiger partial charge is 0.256 e. The number of nitrogens with two attached hydrogens (primary N) is 1. The van der Waals surface area contributed by atoms with Crippen LogP contribution in [0.3, 0.4) is 0 Å². The number of carbonyl (C=O) groups excluding carboxylic acids is 1. The first kappa shape index (κ1) is 14.1. The van der Waals surface area contributed by atoms with E-state index in [2.05, 4.69) is 4.98 Å². The number of aromatic nitrogens is 1. The number of para-hydroxylation sites is 1. The summed E-state index contributed by atoms with van der Waals surface area (Å²) in [6, 6.07) is 7.19. The van der Waals surface area contributed by atoms with Crippen molar-refractivity contribution >= 4 is 22.9 Å².